The summed E-state index contributed by atoms with van der Waals surface area (Å²) in [4.78, 5) is 4.14. The number of oxime groups is 1. The Morgan fingerprint density at radius 3 is 3.25 bits per heavy atom. The molecule has 3 N–H and O–H groups in total. The number of nitrogens with zero attached hydrogens (tertiary/aromatic N) is 2. The predicted molar refractivity (Wildman–Crippen MR) is 51.0 cm³/mol. The van der Waals surface area contributed by atoms with Gasteiger partial charge in [-0.1, -0.05) is 23.8 Å². The number of thiazole rings is 1. The van der Waals surface area contributed by atoms with Crippen LogP contribution in [0.3, 0.4) is 0 Å². The van der Waals surface area contributed by atoms with E-state index in [-0.39, 0.29) is 5.84 Å². The van der Waals surface area contributed by atoms with Crippen LogP contribution in [0.15, 0.2) is 14.9 Å². The predicted octanol–water partition coefficient (Wildman–Crippen LogP) is 1.35. The van der Waals surface area contributed by atoms with Crippen molar-refractivity contribution in [2.75, 3.05) is 5.75 Å². The molecule has 1 rings (SSSR count). The Morgan fingerprint density at radius 2 is 2.67 bits per heavy atom. The van der Waals surface area contributed by atoms with Gasteiger partial charge in [-0.25, -0.2) is 4.98 Å². The fourth-order valence-corrected chi connectivity index (χ4v) is 2.33. The number of thioether (sulfide) groups is 1. The summed E-state index contributed by atoms with van der Waals surface area (Å²) in [5, 5.41) is 13.0. The molecular formula is C6H9N3OS2. The smallest absolute Gasteiger partial charge is 0.189 e. The van der Waals surface area contributed by atoms with Crippen LogP contribution in [0.2, 0.25) is 0 Å². The zero-order valence-electron chi connectivity index (χ0n) is 6.52. The molecule has 0 atom stereocenters. The number of amidine groups is 1. The number of hydrogen-bond donors (Lipinski definition) is 2. The van der Waals surface area contributed by atoms with E-state index >= 15 is 0 Å². The lowest BCUT2D eigenvalue weighted by atomic mass is 10.5. The first-order valence-corrected chi connectivity index (χ1v) is 5.20. The summed E-state index contributed by atoms with van der Waals surface area (Å²) in [5.74, 6) is 1.04. The molecular weight excluding hydrogens is 194 g/mol. The van der Waals surface area contributed by atoms with Crippen molar-refractivity contribution in [1.82, 2.24) is 4.98 Å². The number of hydrogen-bond acceptors (Lipinski definition) is 5. The molecule has 1 aromatic rings. The van der Waals surface area contributed by atoms with Crippen LogP contribution in [0.25, 0.3) is 0 Å². The zero-order chi connectivity index (χ0) is 8.97. The van der Waals surface area contributed by atoms with Gasteiger partial charge in [0.25, 0.3) is 0 Å². The molecule has 6 heteroatoms. The summed E-state index contributed by atoms with van der Waals surface area (Å²) in [6.07, 6.45) is 0. The molecule has 1 heterocycles. The van der Waals surface area contributed by atoms with E-state index < -0.39 is 0 Å². The largest absolute Gasteiger partial charge is 0.409 e. The summed E-state index contributed by atoms with van der Waals surface area (Å²) < 4.78 is 0.944. The number of aromatic nitrogens is 1. The first kappa shape index (κ1) is 9.34. The maximum Gasteiger partial charge on any atom is 0.189 e. The summed E-state index contributed by atoms with van der Waals surface area (Å²) >= 11 is 3.14. The third kappa shape index (κ3) is 2.12. The van der Waals surface area contributed by atoms with Crippen LogP contribution in [-0.2, 0) is 0 Å². The molecule has 0 bridgehead atoms. The monoisotopic (exact) mass is 203 g/mol. The van der Waals surface area contributed by atoms with E-state index in [4.69, 9.17) is 10.9 Å². The second-order valence-electron chi connectivity index (χ2n) is 1.92. The maximum atomic E-state index is 8.35. The number of rotatable bonds is 3. The van der Waals surface area contributed by atoms with Crippen molar-refractivity contribution >= 4 is 28.9 Å². The summed E-state index contributed by atoms with van der Waals surface area (Å²) in [7, 11) is 0. The average molecular weight is 203 g/mol. The minimum absolute atomic E-state index is 0.0641. The van der Waals surface area contributed by atoms with E-state index in [9.17, 15) is 0 Å². The van der Waals surface area contributed by atoms with E-state index in [0.29, 0.717) is 5.69 Å². The summed E-state index contributed by atoms with van der Waals surface area (Å²) in [6.45, 7) is 2.05. The Labute approximate surface area is 78.5 Å². The average Bonchev–Trinajstić information content (AvgIpc) is 2.52. The highest BCUT2D eigenvalue weighted by atomic mass is 32.2. The Morgan fingerprint density at radius 1 is 1.92 bits per heavy atom. The summed E-state index contributed by atoms with van der Waals surface area (Å²) in [5.41, 5.74) is 5.88. The summed E-state index contributed by atoms with van der Waals surface area (Å²) in [6, 6.07) is 0. The van der Waals surface area contributed by atoms with Gasteiger partial charge in [0.05, 0.1) is 0 Å². The Bertz CT molecular complexity index is 284. The molecule has 66 valence electrons. The van der Waals surface area contributed by atoms with Crippen LogP contribution in [0.4, 0.5) is 0 Å². The second kappa shape index (κ2) is 4.32. The molecule has 1 aromatic heterocycles. The Hall–Kier alpha value is -0.750. The van der Waals surface area contributed by atoms with Crippen LogP contribution in [0, 0.1) is 0 Å². The molecule has 0 aromatic carbocycles. The lowest BCUT2D eigenvalue weighted by Crippen LogP contribution is -2.13. The zero-order valence-corrected chi connectivity index (χ0v) is 8.15. The van der Waals surface area contributed by atoms with Gasteiger partial charge in [-0.15, -0.1) is 11.3 Å². The standard InChI is InChI=1S/C6H9N3OS2/c1-2-11-6-8-4(3-12-6)5(7)9-10/h3,10H,2H2,1H3,(H2,7,9). The highest BCUT2D eigenvalue weighted by Crippen LogP contribution is 2.21. The van der Waals surface area contributed by atoms with E-state index in [0.717, 1.165) is 10.1 Å². The third-order valence-corrected chi connectivity index (χ3v) is 3.02. The van der Waals surface area contributed by atoms with Crippen LogP contribution in [0.5, 0.6) is 0 Å². The maximum absolute atomic E-state index is 8.35. The van der Waals surface area contributed by atoms with Gasteiger partial charge in [-0.2, -0.15) is 0 Å². The second-order valence-corrected chi connectivity index (χ2v) is 4.29. The van der Waals surface area contributed by atoms with Crippen molar-refractivity contribution in [3.8, 4) is 0 Å². The first-order valence-electron chi connectivity index (χ1n) is 3.34. The Kier molecular flexibility index (Phi) is 3.36. The molecule has 12 heavy (non-hydrogen) atoms. The molecule has 0 radical (unpaired) electrons. The van der Waals surface area contributed by atoms with Gasteiger partial charge in [0.15, 0.2) is 10.2 Å². The fourth-order valence-electron chi connectivity index (χ4n) is 0.616. The molecule has 0 aliphatic rings. The molecule has 0 fully saturated rings. The normalized spacial score (nSPS) is 11.9. The van der Waals surface area contributed by atoms with Gasteiger partial charge < -0.3 is 10.9 Å². The fraction of sp³-hybridized carbons (Fsp3) is 0.333. The lowest BCUT2D eigenvalue weighted by molar-refractivity contribution is 0.318. The molecule has 0 saturated heterocycles. The van der Waals surface area contributed by atoms with Crippen molar-refractivity contribution in [3.05, 3.63) is 11.1 Å². The van der Waals surface area contributed by atoms with Crippen molar-refractivity contribution in [1.29, 1.82) is 0 Å². The quantitative estimate of drug-likeness (QED) is 0.256. The number of nitrogens with two attached hydrogens (primary N) is 1. The lowest BCUT2D eigenvalue weighted by Gasteiger charge is -1.89. The molecule has 0 unspecified atom stereocenters. The van der Waals surface area contributed by atoms with Crippen molar-refractivity contribution < 1.29 is 5.21 Å². The van der Waals surface area contributed by atoms with E-state index in [1.165, 1.54) is 11.3 Å². The van der Waals surface area contributed by atoms with Crippen molar-refractivity contribution in [2.45, 2.75) is 11.3 Å². The van der Waals surface area contributed by atoms with Crippen LogP contribution >= 0.6 is 23.1 Å². The van der Waals surface area contributed by atoms with Crippen molar-refractivity contribution in [2.24, 2.45) is 10.9 Å². The topological polar surface area (TPSA) is 71.5 Å². The van der Waals surface area contributed by atoms with Crippen LogP contribution < -0.4 is 5.73 Å². The SMILES string of the molecule is CCSc1nc(/C(N)=N\O)cs1. The van der Waals surface area contributed by atoms with Gasteiger partial charge in [-0.3, -0.25) is 0 Å². The minimum atomic E-state index is 0.0641. The first-order chi connectivity index (χ1) is 5.77. The Balaban J connectivity index is 2.77. The molecule has 0 spiro atoms. The van der Waals surface area contributed by atoms with Gasteiger partial charge in [0.1, 0.15) is 5.69 Å². The molecule has 0 aliphatic heterocycles. The van der Waals surface area contributed by atoms with Gasteiger partial charge in [0.2, 0.25) is 0 Å². The van der Waals surface area contributed by atoms with E-state index in [1.807, 2.05) is 0 Å². The highest BCUT2D eigenvalue weighted by Gasteiger charge is 2.04. The van der Waals surface area contributed by atoms with Crippen molar-refractivity contribution in [3.63, 3.8) is 0 Å². The van der Waals surface area contributed by atoms with Gasteiger partial charge in [0, 0.05) is 5.38 Å². The molecule has 0 aliphatic carbocycles. The van der Waals surface area contributed by atoms with Gasteiger partial charge >= 0.3 is 0 Å². The van der Waals surface area contributed by atoms with Gasteiger partial charge in [-0.05, 0) is 5.75 Å². The third-order valence-electron chi connectivity index (χ3n) is 1.12. The molecule has 4 nitrogen and oxygen atoms in total. The molecule has 0 saturated carbocycles. The highest BCUT2D eigenvalue weighted by molar-refractivity contribution is 8.00. The van der Waals surface area contributed by atoms with E-state index in [2.05, 4.69) is 17.1 Å². The van der Waals surface area contributed by atoms with Crippen LogP contribution in [-0.4, -0.2) is 21.8 Å². The van der Waals surface area contributed by atoms with E-state index in [1.54, 1.807) is 17.1 Å². The van der Waals surface area contributed by atoms with Crippen LogP contribution in [0.1, 0.15) is 12.6 Å². The minimum Gasteiger partial charge on any atom is -0.409 e. The molecule has 0 amide bonds.